The fourth-order valence-corrected chi connectivity index (χ4v) is 3.97. The molecule has 0 spiro atoms. The third-order valence-electron chi connectivity index (χ3n) is 5.50. The van der Waals surface area contributed by atoms with Crippen LogP contribution in [0.4, 0.5) is 4.39 Å². The first-order valence-electron chi connectivity index (χ1n) is 9.61. The molecule has 1 saturated carbocycles. The number of rotatable bonds is 6. The lowest BCUT2D eigenvalue weighted by atomic mass is 9.79. The van der Waals surface area contributed by atoms with E-state index in [9.17, 15) is 14.0 Å². The largest absolute Gasteiger partial charge is 0.452 e. The summed E-state index contributed by atoms with van der Waals surface area (Å²) in [6.07, 6.45) is 5.67. The smallest absolute Gasteiger partial charge is 0.338 e. The number of carbonyl (C=O) groups is 2. The molecule has 1 aromatic rings. The zero-order valence-electron chi connectivity index (χ0n) is 15.5. The lowest BCUT2D eigenvalue weighted by Crippen LogP contribution is -2.59. The van der Waals surface area contributed by atoms with Crippen LogP contribution in [-0.4, -0.2) is 61.8 Å². The summed E-state index contributed by atoms with van der Waals surface area (Å²) in [5, 5.41) is 2.95. The number of hydrogen-bond donors (Lipinski definition) is 1. The second-order valence-electron chi connectivity index (χ2n) is 7.24. The number of morpholine rings is 1. The monoisotopic (exact) mass is 378 g/mol. The Bertz CT molecular complexity index is 638. The van der Waals surface area contributed by atoms with E-state index in [-0.39, 0.29) is 23.6 Å². The average Bonchev–Trinajstić information content (AvgIpc) is 2.72. The number of hydrogen-bond acceptors (Lipinski definition) is 5. The Hall–Kier alpha value is -1.99. The van der Waals surface area contributed by atoms with E-state index in [1.165, 1.54) is 30.7 Å². The fourth-order valence-electron chi connectivity index (χ4n) is 3.97. The lowest BCUT2D eigenvalue weighted by molar-refractivity contribution is -0.125. The van der Waals surface area contributed by atoms with Gasteiger partial charge in [0.2, 0.25) is 0 Å². The van der Waals surface area contributed by atoms with Gasteiger partial charge in [-0.25, -0.2) is 9.18 Å². The van der Waals surface area contributed by atoms with Crippen LogP contribution >= 0.6 is 0 Å². The van der Waals surface area contributed by atoms with Crippen molar-refractivity contribution in [2.45, 2.75) is 37.6 Å². The number of halogens is 1. The molecule has 2 aliphatic rings. The highest BCUT2D eigenvalue weighted by Gasteiger charge is 2.38. The molecule has 0 radical (unpaired) electrons. The summed E-state index contributed by atoms with van der Waals surface area (Å²) in [5.74, 6) is -1.38. The molecule has 1 aliphatic carbocycles. The normalized spacial score (nSPS) is 20.0. The van der Waals surface area contributed by atoms with Gasteiger partial charge in [-0.3, -0.25) is 9.69 Å². The summed E-state index contributed by atoms with van der Waals surface area (Å²) >= 11 is 0. The van der Waals surface area contributed by atoms with E-state index in [1.807, 2.05) is 0 Å². The molecule has 0 atom stereocenters. The maximum Gasteiger partial charge on any atom is 0.338 e. The van der Waals surface area contributed by atoms with Crippen molar-refractivity contribution in [1.29, 1.82) is 0 Å². The number of carbonyl (C=O) groups excluding carboxylic acids is 2. The number of esters is 1. The summed E-state index contributed by atoms with van der Waals surface area (Å²) in [5.41, 5.74) is 0.194. The molecule has 1 N–H and O–H groups in total. The first-order chi connectivity index (χ1) is 13.1. The van der Waals surface area contributed by atoms with Crippen LogP contribution in [0.1, 0.15) is 42.5 Å². The zero-order valence-corrected chi connectivity index (χ0v) is 15.5. The van der Waals surface area contributed by atoms with E-state index < -0.39 is 11.8 Å². The molecular formula is C20H27FN2O4. The van der Waals surface area contributed by atoms with Crippen molar-refractivity contribution in [3.63, 3.8) is 0 Å². The summed E-state index contributed by atoms with van der Waals surface area (Å²) in [6, 6.07) is 5.05. The van der Waals surface area contributed by atoms with Gasteiger partial charge in [0.1, 0.15) is 5.82 Å². The van der Waals surface area contributed by atoms with Gasteiger partial charge in [0.05, 0.1) is 18.8 Å². The standard InChI is InChI=1S/C20H27FN2O4/c21-17-6-4-16(5-7-17)19(25)27-14-18(24)22-15-20(8-2-1-3-9-20)23-10-12-26-13-11-23/h4-7H,1-3,8-15H2,(H,22,24). The Kier molecular flexibility index (Phi) is 6.79. The molecule has 27 heavy (non-hydrogen) atoms. The van der Waals surface area contributed by atoms with Crippen molar-refractivity contribution < 1.29 is 23.5 Å². The molecule has 1 saturated heterocycles. The van der Waals surface area contributed by atoms with Gasteiger partial charge in [-0.1, -0.05) is 19.3 Å². The fraction of sp³-hybridized carbons (Fsp3) is 0.600. The van der Waals surface area contributed by atoms with E-state index in [2.05, 4.69) is 10.2 Å². The van der Waals surface area contributed by atoms with Crippen LogP contribution in [0.3, 0.4) is 0 Å². The number of nitrogens with zero attached hydrogens (tertiary/aromatic N) is 1. The number of ether oxygens (including phenoxy) is 2. The predicted molar refractivity (Wildman–Crippen MR) is 97.9 cm³/mol. The van der Waals surface area contributed by atoms with E-state index in [1.54, 1.807) is 0 Å². The van der Waals surface area contributed by atoms with Crippen LogP contribution in [0.2, 0.25) is 0 Å². The molecular weight excluding hydrogens is 351 g/mol. The maximum absolute atomic E-state index is 12.9. The third-order valence-corrected chi connectivity index (χ3v) is 5.50. The molecule has 1 aromatic carbocycles. The van der Waals surface area contributed by atoms with Gasteiger partial charge in [-0.05, 0) is 37.1 Å². The van der Waals surface area contributed by atoms with Crippen molar-refractivity contribution in [3.05, 3.63) is 35.6 Å². The highest BCUT2D eigenvalue weighted by Crippen LogP contribution is 2.33. The van der Waals surface area contributed by atoms with Crippen LogP contribution in [-0.2, 0) is 14.3 Å². The van der Waals surface area contributed by atoms with Crippen molar-refractivity contribution in [3.8, 4) is 0 Å². The second kappa shape index (κ2) is 9.28. The molecule has 3 rings (SSSR count). The molecule has 1 amide bonds. The Labute approximate surface area is 159 Å². The van der Waals surface area contributed by atoms with Crippen LogP contribution < -0.4 is 5.32 Å². The van der Waals surface area contributed by atoms with Gasteiger partial charge in [0.25, 0.3) is 5.91 Å². The van der Waals surface area contributed by atoms with Gasteiger partial charge >= 0.3 is 5.97 Å². The average molecular weight is 378 g/mol. The van der Waals surface area contributed by atoms with Crippen molar-refractivity contribution in [2.24, 2.45) is 0 Å². The quantitative estimate of drug-likeness (QED) is 0.768. The Morgan fingerprint density at radius 3 is 2.44 bits per heavy atom. The summed E-state index contributed by atoms with van der Waals surface area (Å²) < 4.78 is 23.4. The predicted octanol–water partition coefficient (Wildman–Crippen LogP) is 2.13. The zero-order chi connectivity index (χ0) is 19.1. The van der Waals surface area contributed by atoms with Gasteiger partial charge in [-0.15, -0.1) is 0 Å². The van der Waals surface area contributed by atoms with Crippen LogP contribution in [0.15, 0.2) is 24.3 Å². The van der Waals surface area contributed by atoms with Crippen LogP contribution in [0, 0.1) is 5.82 Å². The first-order valence-corrected chi connectivity index (χ1v) is 9.61. The van der Waals surface area contributed by atoms with Crippen LogP contribution in [0.25, 0.3) is 0 Å². The molecule has 2 fully saturated rings. The highest BCUT2D eigenvalue weighted by molar-refractivity contribution is 5.91. The van der Waals surface area contributed by atoms with Gasteiger partial charge in [-0.2, -0.15) is 0 Å². The van der Waals surface area contributed by atoms with Gasteiger partial charge < -0.3 is 14.8 Å². The van der Waals surface area contributed by atoms with Crippen molar-refractivity contribution in [1.82, 2.24) is 10.2 Å². The molecule has 0 unspecified atom stereocenters. The second-order valence-corrected chi connectivity index (χ2v) is 7.24. The Balaban J connectivity index is 1.50. The van der Waals surface area contributed by atoms with Crippen molar-refractivity contribution in [2.75, 3.05) is 39.5 Å². The molecule has 148 valence electrons. The number of benzene rings is 1. The molecule has 0 aromatic heterocycles. The van der Waals surface area contributed by atoms with E-state index in [0.29, 0.717) is 6.54 Å². The molecule has 7 heteroatoms. The SMILES string of the molecule is O=C(COC(=O)c1ccc(F)cc1)NCC1(N2CCOCC2)CCCCC1. The summed E-state index contributed by atoms with van der Waals surface area (Å²) in [7, 11) is 0. The molecule has 1 aliphatic heterocycles. The van der Waals surface area contributed by atoms with E-state index in [4.69, 9.17) is 9.47 Å². The topological polar surface area (TPSA) is 67.9 Å². The van der Waals surface area contributed by atoms with Crippen LogP contribution in [0.5, 0.6) is 0 Å². The molecule has 6 nitrogen and oxygen atoms in total. The van der Waals surface area contributed by atoms with Gasteiger partial charge in [0.15, 0.2) is 6.61 Å². The third kappa shape index (κ3) is 5.26. The first kappa shape index (κ1) is 19.8. The minimum Gasteiger partial charge on any atom is -0.452 e. The summed E-state index contributed by atoms with van der Waals surface area (Å²) in [6.45, 7) is 3.44. The highest BCUT2D eigenvalue weighted by atomic mass is 19.1. The summed E-state index contributed by atoms with van der Waals surface area (Å²) in [4.78, 5) is 26.6. The Morgan fingerprint density at radius 1 is 1.11 bits per heavy atom. The van der Waals surface area contributed by atoms with Gasteiger partial charge in [0, 0.05) is 25.2 Å². The molecule has 1 heterocycles. The number of amides is 1. The van der Waals surface area contributed by atoms with Crippen molar-refractivity contribution >= 4 is 11.9 Å². The minimum absolute atomic E-state index is 0.0291. The van der Waals surface area contributed by atoms with E-state index in [0.717, 1.165) is 52.0 Å². The number of nitrogens with one attached hydrogen (secondary N) is 1. The minimum atomic E-state index is -0.634. The lowest BCUT2D eigenvalue weighted by Gasteiger charge is -2.48. The molecule has 0 bridgehead atoms. The Morgan fingerprint density at radius 2 is 1.78 bits per heavy atom. The van der Waals surface area contributed by atoms with E-state index >= 15 is 0 Å². The maximum atomic E-state index is 12.9.